The van der Waals surface area contributed by atoms with E-state index in [4.69, 9.17) is 6.58 Å². The second-order valence-electron chi connectivity index (χ2n) is 20.2. The van der Waals surface area contributed by atoms with Crippen LogP contribution in [0.2, 0.25) is 95.3 Å². The number of rotatable bonds is 3. The minimum atomic E-state index is -3.27. The summed E-state index contributed by atoms with van der Waals surface area (Å²) in [5.74, 6) is 0.928. The zero-order valence-corrected chi connectivity index (χ0v) is 16.4. The molecule has 0 aromatic heterocycles. The molecule has 134 valence electrons. The molecule has 20 aliphatic heterocycles. The molecule has 3 heteroatoms. The molecular formula is C23H20Fe2O. The van der Waals surface area contributed by atoms with Crippen molar-refractivity contribution in [2.75, 3.05) is 0 Å². The fourth-order valence-corrected chi connectivity index (χ4v) is 182. The molecule has 26 heavy (non-hydrogen) atoms. The third kappa shape index (κ3) is 0.0687. The molecule has 8 unspecified atom stereocenters. The fourth-order valence-electron chi connectivity index (χ4n) is 34.2. The third-order valence-corrected chi connectivity index (χ3v) is 115. The molecule has 1 nitrogen and oxygen atoms in total. The molecule has 0 bridgehead atoms. The summed E-state index contributed by atoms with van der Waals surface area (Å²) in [7, 11) is 0. The first-order valence-corrected chi connectivity index (χ1v) is 24.4. The standard InChI is InChI=1S/C13H10O.2C5H5.2Fe/c1-10(11-6-2-3-7-11)13(14)12-8-4-5-9-12;2*1-2-4-5-3-1;;/h2-9H,1H2;2*1-5H;;. The second-order valence-corrected chi connectivity index (χ2v) is 67.3. The molecule has 0 aromatic carbocycles. The molecule has 0 N–H and O–H groups in total. The van der Waals surface area contributed by atoms with Gasteiger partial charge in [-0.05, 0) is 0 Å². The zero-order valence-electron chi connectivity index (χ0n) is 14.2. The van der Waals surface area contributed by atoms with Crippen molar-refractivity contribution in [3.05, 3.63) is 12.2 Å². The molecule has 20 aliphatic rings. The van der Waals surface area contributed by atoms with Gasteiger partial charge in [-0.3, -0.25) is 0 Å². The molecule has 0 aromatic rings. The Labute approximate surface area is 130 Å². The Morgan fingerprint density at radius 2 is 0.846 bits per heavy atom. The van der Waals surface area contributed by atoms with Crippen LogP contribution in [0.25, 0.3) is 0 Å². The van der Waals surface area contributed by atoms with Crippen LogP contribution in [-0.2, 0) is 17.8 Å². The van der Waals surface area contributed by atoms with Gasteiger partial charge in [0, 0.05) is 0 Å². The number of carbonyl (C=O) groups is 1. The number of hydrogen-bond donors (Lipinski definition) is 0. The Kier molecular flexibility index (Phi) is 0.184. The zero-order chi connectivity index (χ0) is 15.2. The first-order valence-electron chi connectivity index (χ1n) is 11.8. The quantitative estimate of drug-likeness (QED) is 0.367. The Balaban J connectivity index is 1.07. The van der Waals surface area contributed by atoms with Gasteiger partial charge in [-0.2, -0.15) is 0 Å². The van der Waals surface area contributed by atoms with Gasteiger partial charge in [-0.15, -0.1) is 0 Å². The van der Waals surface area contributed by atoms with Crippen molar-refractivity contribution in [1.82, 2.24) is 0 Å². The van der Waals surface area contributed by atoms with Crippen molar-refractivity contribution in [1.29, 1.82) is 0 Å². The number of carbonyl (C=O) groups excluding carboxylic acids is 1. The summed E-state index contributed by atoms with van der Waals surface area (Å²) in [6, 6.07) is 0. The predicted octanol–water partition coefficient (Wildman–Crippen LogP) is 6.63. The van der Waals surface area contributed by atoms with E-state index in [0.717, 1.165) is 5.78 Å². The molecule has 0 saturated carbocycles. The van der Waals surface area contributed by atoms with Gasteiger partial charge < -0.3 is 0 Å². The Bertz CT molecular complexity index is 1850. The summed E-state index contributed by atoms with van der Waals surface area (Å²) in [6.07, 6.45) is 0. The molecule has 20 heterocycles. The monoisotopic (exact) mass is 424 g/mol. The van der Waals surface area contributed by atoms with Crippen LogP contribution in [-0.4, -0.2) is 5.78 Å². The summed E-state index contributed by atoms with van der Waals surface area (Å²) in [4.78, 5) is 38.3. The van der Waals surface area contributed by atoms with Gasteiger partial charge in [0.2, 0.25) is 0 Å². The van der Waals surface area contributed by atoms with Crippen molar-refractivity contribution in [2.24, 2.45) is 0 Å². The first kappa shape index (κ1) is 8.29. The van der Waals surface area contributed by atoms with E-state index in [0.29, 0.717) is 8.63 Å². The summed E-state index contributed by atoms with van der Waals surface area (Å²) >= 11 is 0. The molecule has 20 saturated heterocycles. The van der Waals surface area contributed by atoms with Crippen LogP contribution in [0, 0.1) is 0 Å². The van der Waals surface area contributed by atoms with Crippen molar-refractivity contribution >= 4 is 5.78 Å². The summed E-state index contributed by atoms with van der Waals surface area (Å²) in [6.45, 7) is -1.50. The predicted molar refractivity (Wildman–Crippen MR) is 87.0 cm³/mol. The molecule has 0 amide bonds. The van der Waals surface area contributed by atoms with Gasteiger partial charge >= 0.3 is 131 Å². The van der Waals surface area contributed by atoms with Gasteiger partial charge in [-0.1, -0.05) is 0 Å². The maximum absolute atomic E-state index is 14.7. The Morgan fingerprint density at radius 3 is 1.08 bits per heavy atom. The number of ketones is 1. The Hall–Kier alpha value is 0.449. The van der Waals surface area contributed by atoms with Gasteiger partial charge in [0.1, 0.15) is 0 Å². The fraction of sp³-hybridized carbons (Fsp3) is 0.870. The summed E-state index contributed by atoms with van der Waals surface area (Å²) in [5.41, 5.74) is 1.48. The van der Waals surface area contributed by atoms with Crippen LogP contribution < -0.4 is 0 Å². The molecule has 8 atom stereocenters. The SMILES string of the molecule is C=C(C(=O)[C]12[CH]3[CH]4[CH]5[CH]1[Fe]45321678[CH]2[CH]1[CH]6[CH]7[CH]28)[C]12[CH]3[CH]4[CH]5[CH]1[Fe]45321678[CH]2[CH]1[CH]6[CH]7[CH]28. The van der Waals surface area contributed by atoms with Crippen LogP contribution >= 0.6 is 0 Å². The second kappa shape index (κ2) is 0.576. The molecule has 20 fully saturated rings. The van der Waals surface area contributed by atoms with Crippen LogP contribution in [0.3, 0.4) is 0 Å². The van der Waals surface area contributed by atoms with E-state index in [1.165, 1.54) is 92.3 Å². The van der Waals surface area contributed by atoms with Crippen molar-refractivity contribution in [2.45, 2.75) is 95.3 Å². The van der Waals surface area contributed by atoms with E-state index >= 15 is 0 Å². The van der Waals surface area contributed by atoms with Crippen molar-refractivity contribution < 1.29 is 17.8 Å². The molecular weight excluding hydrogens is 404 g/mol. The van der Waals surface area contributed by atoms with Crippen LogP contribution in [0.1, 0.15) is 0 Å². The topological polar surface area (TPSA) is 17.1 Å². The summed E-state index contributed by atoms with van der Waals surface area (Å²) in [5, 5.41) is 0. The molecule has 0 aliphatic carbocycles. The van der Waals surface area contributed by atoms with Gasteiger partial charge in [0.05, 0.1) is 0 Å². The summed E-state index contributed by atoms with van der Waals surface area (Å²) < 4.78 is 1.19. The van der Waals surface area contributed by atoms with E-state index < -0.39 is 13.0 Å². The van der Waals surface area contributed by atoms with E-state index in [-0.39, 0.29) is 0 Å². The number of Topliss-reactive ketones (excluding diaryl/α,β-unsaturated/α-hetero) is 1. The number of hydrogen-bond acceptors (Lipinski definition) is 1. The molecule has 20 rings (SSSR count). The number of allylic oxidation sites excluding steroid dienone is 1. The van der Waals surface area contributed by atoms with E-state index in [1.54, 1.807) is 0 Å². The molecule has 0 radical (unpaired) electrons. The van der Waals surface area contributed by atoms with E-state index in [9.17, 15) is 4.79 Å². The van der Waals surface area contributed by atoms with Crippen molar-refractivity contribution in [3.63, 3.8) is 0 Å². The van der Waals surface area contributed by atoms with Gasteiger partial charge in [0.25, 0.3) is 0 Å². The minimum absolute atomic E-state index is 0.497. The Morgan fingerprint density at radius 1 is 0.538 bits per heavy atom. The normalized spacial score (nSPS) is 153. The average molecular weight is 424 g/mol. The van der Waals surface area contributed by atoms with E-state index in [1.807, 2.05) is 0 Å². The van der Waals surface area contributed by atoms with Crippen LogP contribution in [0.15, 0.2) is 12.2 Å². The first-order chi connectivity index (χ1) is 12.2. The molecule has 2 spiro atoms. The average Bonchev–Trinajstić information content (AvgIpc) is 3.55. The van der Waals surface area contributed by atoms with Crippen molar-refractivity contribution in [3.8, 4) is 0 Å². The van der Waals surface area contributed by atoms with Gasteiger partial charge in [0.15, 0.2) is 0 Å². The number of fused-ring (bicyclic) bond motifs is 20. The third-order valence-electron chi connectivity index (χ3n) is 30.4. The maximum atomic E-state index is 14.7. The van der Waals surface area contributed by atoms with Crippen LogP contribution in [0.5, 0.6) is 0 Å². The van der Waals surface area contributed by atoms with Crippen LogP contribution in [0.4, 0.5) is 0 Å². The van der Waals surface area contributed by atoms with E-state index in [2.05, 4.69) is 0 Å². The van der Waals surface area contributed by atoms with Gasteiger partial charge in [-0.25, -0.2) is 0 Å².